The third-order valence-corrected chi connectivity index (χ3v) is 6.11. The average Bonchev–Trinajstić information content (AvgIpc) is 3.40. The number of aromatic nitrogens is 5. The highest BCUT2D eigenvalue weighted by atomic mass is 32.2. The zero-order chi connectivity index (χ0) is 20.9. The van der Waals surface area contributed by atoms with Gasteiger partial charge in [0, 0.05) is 34.7 Å². The molecule has 0 aliphatic carbocycles. The first-order chi connectivity index (χ1) is 14.7. The van der Waals surface area contributed by atoms with Gasteiger partial charge in [-0.15, -0.1) is 21.5 Å². The van der Waals surface area contributed by atoms with E-state index in [0.717, 1.165) is 27.6 Å². The summed E-state index contributed by atoms with van der Waals surface area (Å²) in [6.45, 7) is 2.53. The first kappa shape index (κ1) is 20.2. The molecular formula is C20H20N6O2S2. The Bertz CT molecular complexity index is 1130. The molecule has 0 radical (unpaired) electrons. The van der Waals surface area contributed by atoms with Crippen molar-refractivity contribution in [3.8, 4) is 33.5 Å². The van der Waals surface area contributed by atoms with Crippen molar-refractivity contribution >= 4 is 23.1 Å². The van der Waals surface area contributed by atoms with Crippen molar-refractivity contribution in [3.05, 3.63) is 53.8 Å². The molecule has 4 aromatic rings. The molecule has 0 bridgehead atoms. The molecule has 0 unspecified atom stereocenters. The number of hydrogen-bond donors (Lipinski definition) is 1. The zero-order valence-corrected chi connectivity index (χ0v) is 18.1. The Hall–Kier alpha value is -3.11. The number of thiazole rings is 1. The maximum absolute atomic E-state index is 6.17. The standard InChI is InChI=1S/C20H20N6O2S2/c1-3-28-16-7-6-13(9-17(16)27-2)19-23-15(11-29-19)12-30-20-25-24-18(26(20)21)14-5-4-8-22-10-14/h4-11H,3,12,21H2,1-2H3. The van der Waals surface area contributed by atoms with Crippen LogP contribution in [0.15, 0.2) is 53.3 Å². The summed E-state index contributed by atoms with van der Waals surface area (Å²) in [5.41, 5.74) is 2.75. The van der Waals surface area contributed by atoms with E-state index in [1.165, 1.54) is 16.4 Å². The Labute approximate surface area is 182 Å². The van der Waals surface area contributed by atoms with Crippen molar-refractivity contribution in [3.63, 3.8) is 0 Å². The maximum atomic E-state index is 6.17. The van der Waals surface area contributed by atoms with Crippen LogP contribution in [-0.4, -0.2) is 38.6 Å². The molecule has 0 spiro atoms. The van der Waals surface area contributed by atoms with E-state index in [0.29, 0.717) is 29.1 Å². The van der Waals surface area contributed by atoms with Crippen LogP contribution in [0.4, 0.5) is 0 Å². The lowest BCUT2D eigenvalue weighted by Gasteiger charge is -2.09. The van der Waals surface area contributed by atoms with E-state index < -0.39 is 0 Å². The zero-order valence-electron chi connectivity index (χ0n) is 16.5. The minimum atomic E-state index is 0.575. The van der Waals surface area contributed by atoms with Crippen LogP contribution in [0.25, 0.3) is 22.0 Å². The SMILES string of the molecule is CCOc1ccc(-c2nc(CSc3nnc(-c4cccnc4)n3N)cs2)cc1OC. The molecule has 30 heavy (non-hydrogen) atoms. The number of thioether (sulfide) groups is 1. The minimum absolute atomic E-state index is 0.575. The number of nitrogens with zero attached hydrogens (tertiary/aromatic N) is 5. The van der Waals surface area contributed by atoms with E-state index in [1.54, 1.807) is 30.8 Å². The summed E-state index contributed by atoms with van der Waals surface area (Å²) < 4.78 is 12.5. The molecule has 0 fully saturated rings. The third-order valence-electron chi connectivity index (χ3n) is 4.20. The highest BCUT2D eigenvalue weighted by Crippen LogP contribution is 2.34. The molecule has 0 aliphatic rings. The molecule has 0 saturated heterocycles. The second kappa shape index (κ2) is 9.14. The van der Waals surface area contributed by atoms with Gasteiger partial charge in [-0.2, -0.15) is 0 Å². The number of nitrogen functional groups attached to an aromatic ring is 1. The Morgan fingerprint density at radius 1 is 1.17 bits per heavy atom. The van der Waals surface area contributed by atoms with Crippen molar-refractivity contribution < 1.29 is 9.47 Å². The summed E-state index contributed by atoms with van der Waals surface area (Å²) in [4.78, 5) is 8.83. The predicted molar refractivity (Wildman–Crippen MR) is 118 cm³/mol. The first-order valence-electron chi connectivity index (χ1n) is 9.19. The van der Waals surface area contributed by atoms with Crippen LogP contribution >= 0.6 is 23.1 Å². The molecule has 0 atom stereocenters. The quantitative estimate of drug-likeness (QED) is 0.325. The lowest BCUT2D eigenvalue weighted by molar-refractivity contribution is 0.311. The summed E-state index contributed by atoms with van der Waals surface area (Å²) in [7, 11) is 1.63. The van der Waals surface area contributed by atoms with Crippen LogP contribution in [0.3, 0.4) is 0 Å². The highest BCUT2D eigenvalue weighted by Gasteiger charge is 2.14. The second-order valence-electron chi connectivity index (χ2n) is 6.15. The lowest BCUT2D eigenvalue weighted by atomic mass is 10.2. The largest absolute Gasteiger partial charge is 0.493 e. The van der Waals surface area contributed by atoms with Crippen molar-refractivity contribution in [1.29, 1.82) is 0 Å². The van der Waals surface area contributed by atoms with Gasteiger partial charge in [-0.05, 0) is 37.3 Å². The molecular weight excluding hydrogens is 420 g/mol. The van der Waals surface area contributed by atoms with Gasteiger partial charge in [0.2, 0.25) is 5.16 Å². The van der Waals surface area contributed by atoms with Gasteiger partial charge in [0.1, 0.15) is 5.01 Å². The summed E-state index contributed by atoms with van der Waals surface area (Å²) >= 11 is 3.06. The fourth-order valence-corrected chi connectivity index (χ4v) is 4.46. The molecule has 3 heterocycles. The van der Waals surface area contributed by atoms with Gasteiger partial charge in [0.25, 0.3) is 0 Å². The topological polar surface area (TPSA) is 101 Å². The Balaban J connectivity index is 1.46. The molecule has 1 aromatic carbocycles. The molecule has 0 aliphatic heterocycles. The summed E-state index contributed by atoms with van der Waals surface area (Å²) in [5, 5.41) is 11.9. The van der Waals surface area contributed by atoms with Crippen molar-refractivity contribution in [2.75, 3.05) is 19.6 Å². The second-order valence-corrected chi connectivity index (χ2v) is 7.95. The Morgan fingerprint density at radius 2 is 2.07 bits per heavy atom. The predicted octanol–water partition coefficient (Wildman–Crippen LogP) is 3.88. The van der Waals surface area contributed by atoms with Gasteiger partial charge >= 0.3 is 0 Å². The van der Waals surface area contributed by atoms with E-state index >= 15 is 0 Å². The molecule has 8 nitrogen and oxygen atoms in total. The first-order valence-corrected chi connectivity index (χ1v) is 11.1. The van der Waals surface area contributed by atoms with Gasteiger partial charge in [0.05, 0.1) is 19.4 Å². The third kappa shape index (κ3) is 4.24. The normalized spacial score (nSPS) is 10.9. The van der Waals surface area contributed by atoms with Gasteiger partial charge in [-0.1, -0.05) is 11.8 Å². The van der Waals surface area contributed by atoms with Crippen molar-refractivity contribution in [1.82, 2.24) is 24.8 Å². The lowest BCUT2D eigenvalue weighted by Crippen LogP contribution is -2.11. The van der Waals surface area contributed by atoms with Gasteiger partial charge < -0.3 is 15.3 Å². The molecule has 2 N–H and O–H groups in total. The smallest absolute Gasteiger partial charge is 0.210 e. The number of benzene rings is 1. The monoisotopic (exact) mass is 440 g/mol. The maximum Gasteiger partial charge on any atom is 0.210 e. The van der Waals surface area contributed by atoms with Crippen LogP contribution < -0.4 is 15.3 Å². The van der Waals surface area contributed by atoms with Crippen LogP contribution in [0.5, 0.6) is 11.5 Å². The van der Waals surface area contributed by atoms with Gasteiger partial charge in [0.15, 0.2) is 17.3 Å². The number of methoxy groups -OCH3 is 1. The van der Waals surface area contributed by atoms with Crippen LogP contribution in [0, 0.1) is 0 Å². The van der Waals surface area contributed by atoms with Crippen molar-refractivity contribution in [2.24, 2.45) is 0 Å². The van der Waals surface area contributed by atoms with E-state index in [2.05, 4.69) is 15.2 Å². The highest BCUT2D eigenvalue weighted by molar-refractivity contribution is 7.98. The number of ether oxygens (including phenoxy) is 2. The summed E-state index contributed by atoms with van der Waals surface area (Å²) in [5.74, 6) is 8.79. The Morgan fingerprint density at radius 3 is 2.83 bits per heavy atom. The van der Waals surface area contributed by atoms with E-state index in [-0.39, 0.29) is 0 Å². The average molecular weight is 441 g/mol. The summed E-state index contributed by atoms with van der Waals surface area (Å²) in [6, 6.07) is 9.57. The Kier molecular flexibility index (Phi) is 6.15. The van der Waals surface area contributed by atoms with Crippen molar-refractivity contribution in [2.45, 2.75) is 17.8 Å². The minimum Gasteiger partial charge on any atom is -0.493 e. The number of rotatable bonds is 8. The van der Waals surface area contributed by atoms with E-state index in [1.807, 2.05) is 42.6 Å². The van der Waals surface area contributed by atoms with E-state index in [4.69, 9.17) is 20.3 Å². The fourth-order valence-electron chi connectivity index (χ4n) is 2.79. The summed E-state index contributed by atoms with van der Waals surface area (Å²) in [6.07, 6.45) is 3.41. The number of pyridine rings is 1. The number of hydrogen-bond acceptors (Lipinski definition) is 9. The van der Waals surface area contributed by atoms with Crippen LogP contribution in [0.2, 0.25) is 0 Å². The fraction of sp³-hybridized carbons (Fsp3) is 0.200. The van der Waals surface area contributed by atoms with E-state index in [9.17, 15) is 0 Å². The number of nitrogens with two attached hydrogens (primary N) is 1. The van der Waals surface area contributed by atoms with Gasteiger partial charge in [-0.25, -0.2) is 9.66 Å². The molecule has 154 valence electrons. The molecule has 4 rings (SSSR count). The molecule has 0 saturated carbocycles. The van der Waals surface area contributed by atoms with Crippen LogP contribution in [0.1, 0.15) is 12.6 Å². The molecule has 10 heteroatoms. The van der Waals surface area contributed by atoms with Gasteiger partial charge in [-0.3, -0.25) is 4.98 Å². The molecule has 3 aromatic heterocycles. The molecule has 0 amide bonds. The van der Waals surface area contributed by atoms with Crippen LogP contribution in [-0.2, 0) is 5.75 Å².